The van der Waals surface area contributed by atoms with E-state index in [-0.39, 0.29) is 11.7 Å². The molecule has 1 unspecified atom stereocenters. The van der Waals surface area contributed by atoms with Crippen LogP contribution < -0.4 is 4.74 Å². The summed E-state index contributed by atoms with van der Waals surface area (Å²) in [6.45, 7) is 3.45. The number of halogens is 7. The first-order valence-corrected chi connectivity index (χ1v) is 6.55. The van der Waals surface area contributed by atoms with Gasteiger partial charge in [0.25, 0.3) is 0 Å². The summed E-state index contributed by atoms with van der Waals surface area (Å²) >= 11 is 0. The minimum atomic E-state index is -6.41. The Morgan fingerprint density at radius 2 is 1.43 bits per heavy atom. The van der Waals surface area contributed by atoms with Gasteiger partial charge in [-0.3, -0.25) is 0 Å². The van der Waals surface area contributed by atoms with Crippen molar-refractivity contribution in [1.82, 2.24) is 0 Å². The first kappa shape index (κ1) is 19.5. The van der Waals surface area contributed by atoms with Gasteiger partial charge in [-0.1, -0.05) is 12.1 Å². The van der Waals surface area contributed by atoms with Gasteiger partial charge in [0.15, 0.2) is 0 Å². The molecule has 0 bridgehead atoms. The monoisotopic (exact) mass is 348 g/mol. The van der Waals surface area contributed by atoms with E-state index in [9.17, 15) is 35.8 Å². The van der Waals surface area contributed by atoms with Crippen molar-refractivity contribution in [2.75, 3.05) is 0 Å². The highest BCUT2D eigenvalue weighted by Crippen LogP contribution is 2.49. The van der Waals surface area contributed by atoms with Crippen molar-refractivity contribution in [3.63, 3.8) is 0 Å². The van der Waals surface area contributed by atoms with Gasteiger partial charge in [0.1, 0.15) is 5.75 Å². The molecule has 0 saturated heterocycles. The summed E-state index contributed by atoms with van der Waals surface area (Å²) in [7, 11) is 0. The minimum Gasteiger partial charge on any atom is -0.491 e. The van der Waals surface area contributed by atoms with Crippen molar-refractivity contribution in [1.29, 1.82) is 0 Å². The molecule has 0 amide bonds. The van der Waals surface area contributed by atoms with E-state index in [2.05, 4.69) is 0 Å². The minimum absolute atomic E-state index is 0.180. The Balaban J connectivity index is 2.88. The van der Waals surface area contributed by atoms with Crippen molar-refractivity contribution in [2.45, 2.75) is 50.5 Å². The first-order valence-electron chi connectivity index (χ1n) is 6.55. The fourth-order valence-electron chi connectivity index (χ4n) is 1.74. The predicted octanol–water partition coefficient (Wildman–Crippen LogP) is 4.73. The molecule has 0 spiro atoms. The average Bonchev–Trinajstić information content (AvgIpc) is 2.36. The molecule has 0 aliphatic heterocycles. The molecule has 132 valence electrons. The maximum Gasteiger partial charge on any atom is 0.459 e. The zero-order valence-corrected chi connectivity index (χ0v) is 12.2. The van der Waals surface area contributed by atoms with Gasteiger partial charge in [-0.15, -0.1) is 0 Å². The summed E-state index contributed by atoms with van der Waals surface area (Å²) < 4.78 is 93.4. The standard InChI is InChI=1S/C14H15F7O2/c1-8(2)23-10-5-3-9(4-6-10)11(22)7-12(15,16)13(17,18)14(19,20)21/h3-6,8,11,22H,7H2,1-2H3. The van der Waals surface area contributed by atoms with E-state index in [1.165, 1.54) is 12.1 Å². The molecule has 2 nitrogen and oxygen atoms in total. The Morgan fingerprint density at radius 3 is 1.83 bits per heavy atom. The second-order valence-electron chi connectivity index (χ2n) is 5.23. The van der Waals surface area contributed by atoms with E-state index < -0.39 is 30.5 Å². The molecule has 0 radical (unpaired) electrons. The van der Waals surface area contributed by atoms with Crippen molar-refractivity contribution in [3.8, 4) is 5.75 Å². The fourth-order valence-corrected chi connectivity index (χ4v) is 1.74. The normalized spacial score (nSPS) is 14.9. The van der Waals surface area contributed by atoms with E-state index in [1.54, 1.807) is 13.8 Å². The third kappa shape index (κ3) is 4.49. The van der Waals surface area contributed by atoms with Crippen LogP contribution in [0.2, 0.25) is 0 Å². The van der Waals surface area contributed by atoms with Crippen LogP contribution in [0.1, 0.15) is 31.9 Å². The van der Waals surface area contributed by atoms with Crippen LogP contribution in [0.25, 0.3) is 0 Å². The topological polar surface area (TPSA) is 29.5 Å². The maximum absolute atomic E-state index is 13.2. The molecule has 0 saturated carbocycles. The van der Waals surface area contributed by atoms with Crippen molar-refractivity contribution in [2.24, 2.45) is 0 Å². The summed E-state index contributed by atoms with van der Waals surface area (Å²) in [5.74, 6) is -11.3. The van der Waals surface area contributed by atoms with Gasteiger partial charge in [-0.05, 0) is 31.5 Å². The molecule has 1 N–H and O–H groups in total. The van der Waals surface area contributed by atoms with E-state index in [4.69, 9.17) is 4.74 Å². The Hall–Kier alpha value is -1.51. The molecule has 0 aliphatic carbocycles. The molecule has 1 atom stereocenters. The van der Waals surface area contributed by atoms with Gasteiger partial charge in [0.2, 0.25) is 0 Å². The molecule has 0 fully saturated rings. The highest BCUT2D eigenvalue weighted by molar-refractivity contribution is 5.29. The number of ether oxygens (including phenoxy) is 1. The molecule has 0 heterocycles. The smallest absolute Gasteiger partial charge is 0.459 e. The van der Waals surface area contributed by atoms with Crippen LogP contribution in [0.15, 0.2) is 24.3 Å². The SMILES string of the molecule is CC(C)Oc1ccc(C(O)CC(F)(F)C(F)(F)C(F)(F)F)cc1. The van der Waals surface area contributed by atoms with Crippen molar-refractivity contribution >= 4 is 0 Å². The molecule has 1 rings (SSSR count). The average molecular weight is 348 g/mol. The molecule has 0 aromatic heterocycles. The number of aliphatic hydroxyl groups is 1. The van der Waals surface area contributed by atoms with Crippen LogP contribution in [0.5, 0.6) is 5.75 Å². The summed E-state index contributed by atoms with van der Waals surface area (Å²) in [4.78, 5) is 0. The second-order valence-corrected chi connectivity index (χ2v) is 5.23. The highest BCUT2D eigenvalue weighted by atomic mass is 19.4. The summed E-state index contributed by atoms with van der Waals surface area (Å²) in [6.07, 6.45) is -10.8. The third-order valence-corrected chi connectivity index (χ3v) is 2.90. The molecule has 1 aromatic rings. The summed E-state index contributed by atoms with van der Waals surface area (Å²) in [5.41, 5.74) is -0.223. The zero-order chi connectivity index (χ0) is 18.1. The fraction of sp³-hybridized carbons (Fsp3) is 0.571. The Kier molecular flexibility index (Phi) is 5.56. The number of hydrogen-bond acceptors (Lipinski definition) is 2. The quantitative estimate of drug-likeness (QED) is 0.753. The number of aliphatic hydroxyl groups excluding tert-OH is 1. The lowest BCUT2D eigenvalue weighted by atomic mass is 9.98. The second kappa shape index (κ2) is 6.54. The summed E-state index contributed by atoms with van der Waals surface area (Å²) in [6, 6.07) is 4.81. The Labute approximate surface area is 127 Å². The van der Waals surface area contributed by atoms with Crippen molar-refractivity contribution in [3.05, 3.63) is 29.8 Å². The van der Waals surface area contributed by atoms with Crippen LogP contribution in [0.4, 0.5) is 30.7 Å². The number of hydrogen-bond donors (Lipinski definition) is 1. The lowest BCUT2D eigenvalue weighted by molar-refractivity contribution is -0.358. The van der Waals surface area contributed by atoms with E-state index >= 15 is 0 Å². The van der Waals surface area contributed by atoms with Gasteiger partial charge < -0.3 is 9.84 Å². The predicted molar refractivity (Wildman–Crippen MR) is 67.7 cm³/mol. The molecule has 23 heavy (non-hydrogen) atoms. The van der Waals surface area contributed by atoms with E-state index in [0.29, 0.717) is 5.75 Å². The highest BCUT2D eigenvalue weighted by Gasteiger charge is 2.72. The van der Waals surface area contributed by atoms with Gasteiger partial charge >= 0.3 is 18.0 Å². The Bertz CT molecular complexity index is 509. The molecular formula is C14H15F7O2. The largest absolute Gasteiger partial charge is 0.491 e. The maximum atomic E-state index is 13.2. The van der Waals surface area contributed by atoms with Crippen LogP contribution in [0.3, 0.4) is 0 Å². The van der Waals surface area contributed by atoms with Gasteiger partial charge in [0.05, 0.1) is 12.2 Å². The lowest BCUT2D eigenvalue weighted by Gasteiger charge is -2.29. The third-order valence-electron chi connectivity index (χ3n) is 2.90. The van der Waals surface area contributed by atoms with E-state index in [0.717, 1.165) is 12.1 Å². The molecule has 9 heteroatoms. The molecule has 1 aromatic carbocycles. The summed E-state index contributed by atoms with van der Waals surface area (Å²) in [5, 5.41) is 9.54. The van der Waals surface area contributed by atoms with Crippen LogP contribution in [0, 0.1) is 0 Å². The van der Waals surface area contributed by atoms with Crippen LogP contribution in [-0.4, -0.2) is 29.2 Å². The first-order chi connectivity index (χ1) is 10.3. The zero-order valence-electron chi connectivity index (χ0n) is 12.2. The number of rotatable bonds is 6. The molecule has 0 aliphatic rings. The lowest BCUT2D eigenvalue weighted by Crippen LogP contribution is -2.52. The van der Waals surface area contributed by atoms with Crippen molar-refractivity contribution < 1.29 is 40.6 Å². The van der Waals surface area contributed by atoms with Gasteiger partial charge in [-0.25, -0.2) is 0 Å². The number of benzene rings is 1. The van der Waals surface area contributed by atoms with E-state index in [1.807, 2.05) is 0 Å². The number of alkyl halides is 7. The van der Waals surface area contributed by atoms with Gasteiger partial charge in [-0.2, -0.15) is 30.7 Å². The van der Waals surface area contributed by atoms with Crippen LogP contribution in [-0.2, 0) is 0 Å². The molecular weight excluding hydrogens is 333 g/mol. The van der Waals surface area contributed by atoms with Crippen LogP contribution >= 0.6 is 0 Å². The Morgan fingerprint density at radius 1 is 0.957 bits per heavy atom. The van der Waals surface area contributed by atoms with Gasteiger partial charge in [0, 0.05) is 6.42 Å².